The molecule has 0 saturated carbocycles. The molecule has 2 rings (SSSR count). The molecule has 20 heavy (non-hydrogen) atoms. The van der Waals surface area contributed by atoms with Crippen LogP contribution in [-0.2, 0) is 11.2 Å². The van der Waals surface area contributed by atoms with Gasteiger partial charge >= 0.3 is 0 Å². The van der Waals surface area contributed by atoms with Crippen LogP contribution in [0.25, 0.3) is 0 Å². The highest BCUT2D eigenvalue weighted by Gasteiger charge is 2.11. The van der Waals surface area contributed by atoms with Gasteiger partial charge in [-0.05, 0) is 59.9 Å². The third-order valence-corrected chi connectivity index (χ3v) is 4.04. The van der Waals surface area contributed by atoms with Crippen LogP contribution in [0.3, 0.4) is 0 Å². The number of nitrogens with zero attached hydrogens (tertiary/aromatic N) is 1. The van der Waals surface area contributed by atoms with Crippen molar-refractivity contribution in [3.05, 3.63) is 22.2 Å². The van der Waals surface area contributed by atoms with Gasteiger partial charge in [-0.15, -0.1) is 0 Å². The third-order valence-electron chi connectivity index (χ3n) is 3.43. The lowest BCUT2D eigenvalue weighted by Gasteiger charge is -2.26. The van der Waals surface area contributed by atoms with Crippen molar-refractivity contribution >= 4 is 15.9 Å². The van der Waals surface area contributed by atoms with Crippen molar-refractivity contribution in [3.8, 4) is 11.5 Å². The molecule has 1 saturated heterocycles. The van der Waals surface area contributed by atoms with E-state index in [2.05, 4.69) is 20.8 Å². The van der Waals surface area contributed by atoms with Crippen molar-refractivity contribution < 1.29 is 14.6 Å². The largest absolute Gasteiger partial charge is 0.503 e. The molecule has 1 aromatic carbocycles. The summed E-state index contributed by atoms with van der Waals surface area (Å²) in [6.07, 6.45) is 2.08. The summed E-state index contributed by atoms with van der Waals surface area (Å²) < 4.78 is 11.5. The van der Waals surface area contributed by atoms with E-state index in [1.807, 2.05) is 19.1 Å². The van der Waals surface area contributed by atoms with Gasteiger partial charge in [0.2, 0.25) is 0 Å². The molecule has 112 valence electrons. The second-order valence-corrected chi connectivity index (χ2v) is 5.77. The lowest BCUT2D eigenvalue weighted by atomic mass is 10.1. The Morgan fingerprint density at radius 2 is 2.10 bits per heavy atom. The Balaban J connectivity index is 1.88. The zero-order chi connectivity index (χ0) is 14.4. The van der Waals surface area contributed by atoms with Crippen LogP contribution in [0.1, 0.15) is 18.9 Å². The molecule has 0 bridgehead atoms. The molecule has 5 heteroatoms. The number of phenols is 1. The first-order chi connectivity index (χ1) is 9.70. The quantitative estimate of drug-likeness (QED) is 0.862. The SMILES string of the molecule is CCOc1cc(CCCN2CCOCC2)cc(Br)c1O. The number of benzene rings is 1. The van der Waals surface area contributed by atoms with E-state index in [0.29, 0.717) is 16.8 Å². The van der Waals surface area contributed by atoms with Crippen molar-refractivity contribution in [2.75, 3.05) is 39.5 Å². The number of aryl methyl sites for hydroxylation is 1. The van der Waals surface area contributed by atoms with Crippen molar-refractivity contribution in [1.29, 1.82) is 0 Å². The summed E-state index contributed by atoms with van der Waals surface area (Å²) >= 11 is 3.38. The highest BCUT2D eigenvalue weighted by atomic mass is 79.9. The topological polar surface area (TPSA) is 41.9 Å². The highest BCUT2D eigenvalue weighted by molar-refractivity contribution is 9.10. The standard InChI is InChI=1S/C15H22BrNO3/c1-2-20-14-11-12(10-13(16)15(14)18)4-3-5-17-6-8-19-9-7-17/h10-11,18H,2-9H2,1H3. The van der Waals surface area contributed by atoms with Crippen molar-refractivity contribution in [1.82, 2.24) is 4.90 Å². The third kappa shape index (κ3) is 4.36. The average Bonchev–Trinajstić information content (AvgIpc) is 2.45. The van der Waals surface area contributed by atoms with E-state index in [0.717, 1.165) is 45.7 Å². The molecule has 0 aliphatic carbocycles. The second kappa shape index (κ2) is 7.86. The Hall–Kier alpha value is -0.780. The van der Waals surface area contributed by atoms with E-state index in [1.165, 1.54) is 5.56 Å². The number of morpholine rings is 1. The fourth-order valence-corrected chi connectivity index (χ4v) is 2.86. The monoisotopic (exact) mass is 343 g/mol. The molecule has 4 nitrogen and oxygen atoms in total. The van der Waals surface area contributed by atoms with Crippen LogP contribution < -0.4 is 4.74 Å². The first-order valence-electron chi connectivity index (χ1n) is 7.15. The molecule has 1 aromatic rings. The van der Waals surface area contributed by atoms with E-state index >= 15 is 0 Å². The molecule has 1 fully saturated rings. The van der Waals surface area contributed by atoms with E-state index in [1.54, 1.807) is 0 Å². The predicted octanol–water partition coefficient (Wildman–Crippen LogP) is 2.82. The molecule has 0 amide bonds. The summed E-state index contributed by atoms with van der Waals surface area (Å²) in [4.78, 5) is 2.43. The fraction of sp³-hybridized carbons (Fsp3) is 0.600. The lowest BCUT2D eigenvalue weighted by Crippen LogP contribution is -2.36. The molecule has 1 aliphatic heterocycles. The van der Waals surface area contributed by atoms with Crippen molar-refractivity contribution in [3.63, 3.8) is 0 Å². The highest BCUT2D eigenvalue weighted by Crippen LogP contribution is 2.35. The van der Waals surface area contributed by atoms with Gasteiger partial charge in [0.25, 0.3) is 0 Å². The molecule has 0 radical (unpaired) electrons. The first-order valence-corrected chi connectivity index (χ1v) is 7.94. The number of hydrogen-bond donors (Lipinski definition) is 1. The zero-order valence-electron chi connectivity index (χ0n) is 11.9. The van der Waals surface area contributed by atoms with Gasteiger partial charge in [-0.2, -0.15) is 0 Å². The molecular weight excluding hydrogens is 322 g/mol. The average molecular weight is 344 g/mol. The maximum atomic E-state index is 9.89. The molecule has 1 aliphatic rings. The lowest BCUT2D eigenvalue weighted by molar-refractivity contribution is 0.0374. The Morgan fingerprint density at radius 1 is 1.35 bits per heavy atom. The van der Waals surface area contributed by atoms with Gasteiger partial charge < -0.3 is 14.6 Å². The zero-order valence-corrected chi connectivity index (χ0v) is 13.5. The van der Waals surface area contributed by atoms with Gasteiger partial charge in [-0.3, -0.25) is 4.90 Å². The maximum absolute atomic E-state index is 9.89. The van der Waals surface area contributed by atoms with Crippen LogP contribution in [0.5, 0.6) is 11.5 Å². The minimum absolute atomic E-state index is 0.184. The van der Waals surface area contributed by atoms with Crippen LogP contribution in [-0.4, -0.2) is 49.5 Å². The maximum Gasteiger partial charge on any atom is 0.172 e. The number of phenolic OH excluding ortho intramolecular Hbond substituents is 1. The molecule has 1 N–H and O–H groups in total. The Morgan fingerprint density at radius 3 is 2.80 bits per heavy atom. The molecule has 1 heterocycles. The van der Waals surface area contributed by atoms with Crippen LogP contribution in [0.15, 0.2) is 16.6 Å². The molecular formula is C15H22BrNO3. The number of halogens is 1. The van der Waals surface area contributed by atoms with E-state index < -0.39 is 0 Å². The predicted molar refractivity (Wildman–Crippen MR) is 82.6 cm³/mol. The number of ether oxygens (including phenoxy) is 2. The first kappa shape index (κ1) is 15.6. The van der Waals surface area contributed by atoms with Crippen LogP contribution in [0.4, 0.5) is 0 Å². The number of rotatable bonds is 6. The summed E-state index contributed by atoms with van der Waals surface area (Å²) in [6.45, 7) is 7.31. The summed E-state index contributed by atoms with van der Waals surface area (Å²) in [7, 11) is 0. The van der Waals surface area contributed by atoms with E-state index in [9.17, 15) is 5.11 Å². The van der Waals surface area contributed by atoms with Gasteiger partial charge in [-0.1, -0.05) is 0 Å². The Bertz CT molecular complexity index is 433. The minimum atomic E-state index is 0.184. The fourth-order valence-electron chi connectivity index (χ4n) is 2.37. The van der Waals surface area contributed by atoms with Gasteiger partial charge in [0, 0.05) is 13.1 Å². The molecule has 0 aromatic heterocycles. The van der Waals surface area contributed by atoms with Crippen LogP contribution >= 0.6 is 15.9 Å². The Kier molecular flexibility index (Phi) is 6.13. The minimum Gasteiger partial charge on any atom is -0.503 e. The summed E-state index contributed by atoms with van der Waals surface area (Å²) in [5, 5.41) is 9.89. The second-order valence-electron chi connectivity index (χ2n) is 4.91. The van der Waals surface area contributed by atoms with Crippen molar-refractivity contribution in [2.45, 2.75) is 19.8 Å². The van der Waals surface area contributed by atoms with Crippen LogP contribution in [0.2, 0.25) is 0 Å². The Labute approximate surface area is 128 Å². The molecule has 0 unspecified atom stereocenters. The molecule has 0 atom stereocenters. The van der Waals surface area contributed by atoms with E-state index in [4.69, 9.17) is 9.47 Å². The smallest absolute Gasteiger partial charge is 0.172 e. The number of aromatic hydroxyl groups is 1. The van der Waals surface area contributed by atoms with Crippen molar-refractivity contribution in [2.24, 2.45) is 0 Å². The van der Waals surface area contributed by atoms with Gasteiger partial charge in [-0.25, -0.2) is 0 Å². The normalized spacial score (nSPS) is 16.3. The summed E-state index contributed by atoms with van der Waals surface area (Å²) in [6, 6.07) is 3.90. The number of hydrogen-bond acceptors (Lipinski definition) is 4. The van der Waals surface area contributed by atoms with Gasteiger partial charge in [0.15, 0.2) is 11.5 Å². The van der Waals surface area contributed by atoms with Crippen LogP contribution in [0, 0.1) is 0 Å². The van der Waals surface area contributed by atoms with Gasteiger partial charge in [0.05, 0.1) is 24.3 Å². The van der Waals surface area contributed by atoms with E-state index in [-0.39, 0.29) is 5.75 Å². The summed E-state index contributed by atoms with van der Waals surface area (Å²) in [5.41, 5.74) is 1.19. The molecule has 0 spiro atoms. The summed E-state index contributed by atoms with van der Waals surface area (Å²) in [5.74, 6) is 0.743. The van der Waals surface area contributed by atoms with Gasteiger partial charge in [0.1, 0.15) is 0 Å².